The Labute approximate surface area is 111 Å². The summed E-state index contributed by atoms with van der Waals surface area (Å²) < 4.78 is 0. The predicted octanol–water partition coefficient (Wildman–Crippen LogP) is 0.241. The van der Waals surface area contributed by atoms with Crippen LogP contribution in [0.4, 0.5) is 0 Å². The van der Waals surface area contributed by atoms with E-state index >= 15 is 0 Å². The molecule has 0 saturated carbocycles. The summed E-state index contributed by atoms with van der Waals surface area (Å²) in [7, 11) is 0. The molecule has 0 radical (unpaired) electrons. The highest BCUT2D eigenvalue weighted by atomic mass is 16.4. The number of carboxylic acid groups (broad SMARTS) is 1. The molecule has 0 aromatic heterocycles. The number of aromatic hydroxyl groups is 1. The number of phenolic OH excluding ortho intramolecular Hbond substituents is 1. The highest BCUT2D eigenvalue weighted by Gasteiger charge is 2.30. The Hall–Kier alpha value is -2.08. The average molecular weight is 266 g/mol. The minimum absolute atomic E-state index is 0.133. The van der Waals surface area contributed by atoms with E-state index in [1.165, 1.54) is 26.0 Å². The molecular weight excluding hydrogens is 248 g/mol. The van der Waals surface area contributed by atoms with Crippen molar-refractivity contribution in [3.63, 3.8) is 0 Å². The van der Waals surface area contributed by atoms with Crippen molar-refractivity contribution in [2.75, 3.05) is 0 Å². The number of phenols is 1. The summed E-state index contributed by atoms with van der Waals surface area (Å²) in [5.41, 5.74) is 5.16. The number of benzene rings is 1. The molecule has 6 heteroatoms. The molecule has 6 nitrogen and oxygen atoms in total. The summed E-state index contributed by atoms with van der Waals surface area (Å²) in [5.74, 6) is -1.52. The number of aliphatic carboxylic acids is 1. The molecule has 0 saturated heterocycles. The number of rotatable bonds is 5. The maximum absolute atomic E-state index is 11.8. The summed E-state index contributed by atoms with van der Waals surface area (Å²) in [6.07, 6.45) is 0.266. The zero-order valence-corrected chi connectivity index (χ0v) is 10.9. The second kappa shape index (κ2) is 5.71. The van der Waals surface area contributed by atoms with Gasteiger partial charge < -0.3 is 21.3 Å². The molecule has 0 aliphatic heterocycles. The summed E-state index contributed by atoms with van der Waals surface area (Å²) in [6.45, 7) is 2.78. The van der Waals surface area contributed by atoms with Gasteiger partial charge in [0.25, 0.3) is 0 Å². The fraction of sp³-hybridized carbons (Fsp3) is 0.385. The lowest BCUT2D eigenvalue weighted by Crippen LogP contribution is -2.55. The van der Waals surface area contributed by atoms with Crippen molar-refractivity contribution in [3.8, 4) is 5.75 Å². The van der Waals surface area contributed by atoms with E-state index < -0.39 is 23.5 Å². The van der Waals surface area contributed by atoms with Gasteiger partial charge in [-0.25, -0.2) is 4.79 Å². The van der Waals surface area contributed by atoms with Crippen molar-refractivity contribution in [1.82, 2.24) is 5.32 Å². The summed E-state index contributed by atoms with van der Waals surface area (Å²) in [4.78, 5) is 22.7. The van der Waals surface area contributed by atoms with Crippen LogP contribution in [0.3, 0.4) is 0 Å². The molecule has 1 aromatic carbocycles. The second-order valence-corrected chi connectivity index (χ2v) is 4.90. The van der Waals surface area contributed by atoms with Crippen molar-refractivity contribution < 1.29 is 19.8 Å². The van der Waals surface area contributed by atoms with Gasteiger partial charge in [0.2, 0.25) is 5.91 Å². The van der Waals surface area contributed by atoms with Crippen molar-refractivity contribution in [2.45, 2.75) is 31.8 Å². The summed E-state index contributed by atoms with van der Waals surface area (Å²) >= 11 is 0. The Bertz CT molecular complexity index is 468. The van der Waals surface area contributed by atoms with Crippen molar-refractivity contribution in [2.24, 2.45) is 5.73 Å². The fourth-order valence-electron chi connectivity index (χ4n) is 1.43. The first-order chi connectivity index (χ1) is 8.72. The SMILES string of the molecule is CC(C)(NC(=O)[C@@H](N)Cc1ccc(O)cc1)C(=O)O. The molecule has 1 amide bonds. The Kier molecular flexibility index (Phi) is 4.50. The first-order valence-corrected chi connectivity index (χ1v) is 5.81. The predicted molar refractivity (Wildman–Crippen MR) is 69.6 cm³/mol. The fourth-order valence-corrected chi connectivity index (χ4v) is 1.43. The van der Waals surface area contributed by atoms with Crippen molar-refractivity contribution in [1.29, 1.82) is 0 Å². The Balaban J connectivity index is 2.63. The van der Waals surface area contributed by atoms with Crippen LogP contribution in [-0.4, -0.2) is 33.7 Å². The Morgan fingerprint density at radius 2 is 1.84 bits per heavy atom. The van der Waals surface area contributed by atoms with Gasteiger partial charge in [-0.1, -0.05) is 12.1 Å². The molecule has 0 aliphatic carbocycles. The van der Waals surface area contributed by atoms with E-state index in [0.29, 0.717) is 0 Å². The number of nitrogens with two attached hydrogens (primary N) is 1. The van der Waals surface area contributed by atoms with Crippen LogP contribution in [-0.2, 0) is 16.0 Å². The maximum atomic E-state index is 11.8. The van der Waals surface area contributed by atoms with Gasteiger partial charge in [0.15, 0.2) is 0 Å². The minimum Gasteiger partial charge on any atom is -0.508 e. The van der Waals surface area contributed by atoms with Crippen molar-refractivity contribution in [3.05, 3.63) is 29.8 Å². The lowest BCUT2D eigenvalue weighted by molar-refractivity contribution is -0.146. The van der Waals surface area contributed by atoms with Crippen LogP contribution < -0.4 is 11.1 Å². The zero-order valence-electron chi connectivity index (χ0n) is 10.9. The molecule has 1 atom stereocenters. The summed E-state index contributed by atoms with van der Waals surface area (Å²) in [5, 5.41) is 20.4. The van der Waals surface area contributed by atoms with E-state index in [1.54, 1.807) is 12.1 Å². The molecule has 0 fully saturated rings. The van der Waals surface area contributed by atoms with Crippen LogP contribution in [0.2, 0.25) is 0 Å². The third-order valence-electron chi connectivity index (χ3n) is 2.70. The van der Waals surface area contributed by atoms with Crippen LogP contribution >= 0.6 is 0 Å². The van der Waals surface area contributed by atoms with E-state index in [0.717, 1.165) is 5.56 Å². The van der Waals surface area contributed by atoms with Gasteiger partial charge in [0, 0.05) is 0 Å². The van der Waals surface area contributed by atoms with Crippen LogP contribution in [0.15, 0.2) is 24.3 Å². The molecule has 19 heavy (non-hydrogen) atoms. The summed E-state index contributed by atoms with van der Waals surface area (Å²) in [6, 6.07) is 5.47. The molecular formula is C13H18N2O4. The highest BCUT2D eigenvalue weighted by molar-refractivity contribution is 5.89. The number of hydrogen-bond donors (Lipinski definition) is 4. The highest BCUT2D eigenvalue weighted by Crippen LogP contribution is 2.11. The molecule has 0 spiro atoms. The number of carbonyl (C=O) groups is 2. The van der Waals surface area contributed by atoms with Gasteiger partial charge >= 0.3 is 5.97 Å². The molecule has 1 rings (SSSR count). The van der Waals surface area contributed by atoms with Crippen LogP contribution in [0.25, 0.3) is 0 Å². The molecule has 0 heterocycles. The average Bonchev–Trinajstić information content (AvgIpc) is 2.31. The third kappa shape index (κ3) is 4.26. The molecule has 1 aromatic rings. The van der Waals surface area contributed by atoms with Gasteiger partial charge in [0.05, 0.1) is 6.04 Å². The van der Waals surface area contributed by atoms with Gasteiger partial charge in [-0.2, -0.15) is 0 Å². The molecule has 0 bridgehead atoms. The minimum atomic E-state index is -1.36. The number of carboxylic acids is 1. The van der Waals surface area contributed by atoms with Gasteiger partial charge in [-0.05, 0) is 38.0 Å². The van der Waals surface area contributed by atoms with Gasteiger partial charge in [-0.15, -0.1) is 0 Å². The first-order valence-electron chi connectivity index (χ1n) is 5.81. The van der Waals surface area contributed by atoms with Crippen LogP contribution in [0, 0.1) is 0 Å². The van der Waals surface area contributed by atoms with Crippen molar-refractivity contribution >= 4 is 11.9 Å². The van der Waals surface area contributed by atoms with Crippen LogP contribution in [0.5, 0.6) is 5.75 Å². The third-order valence-corrected chi connectivity index (χ3v) is 2.70. The second-order valence-electron chi connectivity index (χ2n) is 4.90. The first kappa shape index (κ1) is 15.0. The molecule has 0 aliphatic rings. The normalized spacial score (nSPS) is 12.8. The standard InChI is InChI=1S/C13H18N2O4/c1-13(2,12(18)19)15-11(17)10(14)7-8-3-5-9(16)6-4-8/h3-6,10,16H,7,14H2,1-2H3,(H,15,17)(H,18,19)/t10-/m0/s1. The maximum Gasteiger partial charge on any atom is 0.328 e. The van der Waals surface area contributed by atoms with E-state index in [4.69, 9.17) is 15.9 Å². The topological polar surface area (TPSA) is 113 Å². The molecule has 0 unspecified atom stereocenters. The quantitative estimate of drug-likeness (QED) is 0.610. The van der Waals surface area contributed by atoms with E-state index in [9.17, 15) is 9.59 Å². The lowest BCUT2D eigenvalue weighted by atomic mass is 10.0. The molecule has 5 N–H and O–H groups in total. The van der Waals surface area contributed by atoms with E-state index in [2.05, 4.69) is 5.32 Å². The Morgan fingerprint density at radius 3 is 2.32 bits per heavy atom. The lowest BCUT2D eigenvalue weighted by Gasteiger charge is -2.23. The monoisotopic (exact) mass is 266 g/mol. The number of hydrogen-bond acceptors (Lipinski definition) is 4. The number of carbonyl (C=O) groups excluding carboxylic acids is 1. The van der Waals surface area contributed by atoms with Gasteiger partial charge in [0.1, 0.15) is 11.3 Å². The Morgan fingerprint density at radius 1 is 1.32 bits per heavy atom. The zero-order chi connectivity index (χ0) is 14.6. The number of amides is 1. The smallest absolute Gasteiger partial charge is 0.328 e. The number of nitrogens with one attached hydrogen (secondary N) is 1. The van der Waals surface area contributed by atoms with E-state index in [-0.39, 0.29) is 12.2 Å². The van der Waals surface area contributed by atoms with Gasteiger partial charge in [-0.3, -0.25) is 4.79 Å². The molecule has 104 valence electrons. The largest absolute Gasteiger partial charge is 0.508 e. The van der Waals surface area contributed by atoms with Crippen LogP contribution in [0.1, 0.15) is 19.4 Å². The van der Waals surface area contributed by atoms with E-state index in [1.807, 2.05) is 0 Å².